The number of likely N-dealkylation sites (tertiary alicyclic amines) is 1. The van der Waals surface area contributed by atoms with Crippen LogP contribution in [0.1, 0.15) is 18.5 Å². The number of nitrogens with one attached hydrogen (secondary N) is 2. The lowest BCUT2D eigenvalue weighted by Gasteiger charge is -2.30. The lowest BCUT2D eigenvalue weighted by Crippen LogP contribution is -2.41. The van der Waals surface area contributed by atoms with Gasteiger partial charge in [-0.25, -0.2) is 14.8 Å². The highest BCUT2D eigenvalue weighted by Gasteiger charge is 2.25. The number of aryl methyl sites for hydroxylation is 1. The second-order valence-corrected chi connectivity index (χ2v) is 6.75. The molecule has 30 heavy (non-hydrogen) atoms. The van der Waals surface area contributed by atoms with Crippen LogP contribution in [0, 0.1) is 6.92 Å². The molecule has 11 nitrogen and oxygen atoms in total. The first-order valence-corrected chi connectivity index (χ1v) is 9.64. The Morgan fingerprint density at radius 3 is 2.70 bits per heavy atom. The second-order valence-electron chi connectivity index (χ2n) is 6.75. The molecular weight excluding hydrogens is 392 g/mol. The van der Waals surface area contributed by atoms with Gasteiger partial charge in [0.2, 0.25) is 5.75 Å². The van der Waals surface area contributed by atoms with Crippen molar-refractivity contribution in [1.29, 1.82) is 0 Å². The van der Waals surface area contributed by atoms with Crippen LogP contribution >= 0.6 is 0 Å². The van der Waals surface area contributed by atoms with Crippen molar-refractivity contribution in [3.05, 3.63) is 24.2 Å². The molecule has 3 rings (SSSR count). The average Bonchev–Trinajstić information content (AvgIpc) is 2.74. The molecule has 2 aromatic heterocycles. The van der Waals surface area contributed by atoms with Crippen molar-refractivity contribution in [1.82, 2.24) is 19.9 Å². The fourth-order valence-corrected chi connectivity index (χ4v) is 3.14. The van der Waals surface area contributed by atoms with E-state index in [4.69, 9.17) is 19.7 Å². The number of carboxylic acid groups (broad SMARTS) is 1. The molecule has 0 aromatic carbocycles. The first-order valence-electron chi connectivity index (χ1n) is 9.64. The quantitative estimate of drug-likeness (QED) is 0.502. The Morgan fingerprint density at radius 1 is 1.30 bits per heavy atom. The molecule has 1 fully saturated rings. The minimum absolute atomic E-state index is 0.0248. The minimum atomic E-state index is -0.916. The molecule has 0 aliphatic carbocycles. The number of aliphatic hydroxyl groups excluding tert-OH is 1. The molecule has 1 amide bonds. The van der Waals surface area contributed by atoms with Crippen molar-refractivity contribution < 1.29 is 24.5 Å². The van der Waals surface area contributed by atoms with E-state index in [2.05, 4.69) is 25.6 Å². The average molecular weight is 418 g/mol. The number of pyridine rings is 1. The van der Waals surface area contributed by atoms with E-state index in [0.717, 1.165) is 11.4 Å². The molecule has 1 saturated heterocycles. The number of amides is 1. The highest BCUT2D eigenvalue weighted by molar-refractivity contribution is 5.67. The molecule has 1 aliphatic heterocycles. The summed E-state index contributed by atoms with van der Waals surface area (Å²) < 4.78 is 11.5. The Hall–Kier alpha value is -3.34. The van der Waals surface area contributed by atoms with Gasteiger partial charge in [-0.1, -0.05) is 0 Å². The number of rotatable bonds is 8. The monoisotopic (exact) mass is 418 g/mol. The molecule has 162 valence electrons. The van der Waals surface area contributed by atoms with E-state index in [9.17, 15) is 4.79 Å². The predicted molar refractivity (Wildman–Crippen MR) is 110 cm³/mol. The largest absolute Gasteiger partial charge is 0.489 e. The lowest BCUT2D eigenvalue weighted by molar-refractivity contribution is 0.0852. The van der Waals surface area contributed by atoms with Crippen LogP contribution in [0.4, 0.5) is 22.1 Å². The summed E-state index contributed by atoms with van der Waals surface area (Å²) in [6, 6.07) is 3.65. The van der Waals surface area contributed by atoms with Gasteiger partial charge in [0.25, 0.3) is 5.88 Å². The molecule has 0 bridgehead atoms. The summed E-state index contributed by atoms with van der Waals surface area (Å²) in [5.41, 5.74) is 1.48. The van der Waals surface area contributed by atoms with Crippen molar-refractivity contribution in [2.45, 2.75) is 25.9 Å². The van der Waals surface area contributed by atoms with E-state index in [0.29, 0.717) is 55.7 Å². The number of carbonyl (C=O) groups is 1. The van der Waals surface area contributed by atoms with Crippen molar-refractivity contribution in [3.63, 3.8) is 0 Å². The van der Waals surface area contributed by atoms with Crippen LogP contribution in [0.5, 0.6) is 11.6 Å². The zero-order chi connectivity index (χ0) is 21.5. The molecule has 0 unspecified atom stereocenters. The molecular formula is C19H26N6O5. The topological polar surface area (TPSA) is 142 Å². The zero-order valence-corrected chi connectivity index (χ0v) is 17.0. The van der Waals surface area contributed by atoms with Gasteiger partial charge in [-0.05, 0) is 19.1 Å². The van der Waals surface area contributed by atoms with Crippen molar-refractivity contribution in [3.8, 4) is 11.6 Å². The maximum absolute atomic E-state index is 11.1. The van der Waals surface area contributed by atoms with Crippen LogP contribution in [-0.4, -0.2) is 75.6 Å². The Kier molecular flexibility index (Phi) is 7.07. The van der Waals surface area contributed by atoms with Gasteiger partial charge in [-0.2, -0.15) is 4.98 Å². The maximum Gasteiger partial charge on any atom is 0.407 e. The summed E-state index contributed by atoms with van der Waals surface area (Å²) in [7, 11) is 1.51. The number of methoxy groups -OCH3 is 1. The van der Waals surface area contributed by atoms with Crippen molar-refractivity contribution in [2.24, 2.45) is 0 Å². The fraction of sp³-hybridized carbons (Fsp3) is 0.474. The van der Waals surface area contributed by atoms with Crippen LogP contribution in [0.15, 0.2) is 18.5 Å². The third-order valence-corrected chi connectivity index (χ3v) is 4.72. The number of aliphatic hydroxyl groups is 1. The van der Waals surface area contributed by atoms with Crippen molar-refractivity contribution in [2.75, 3.05) is 44.0 Å². The van der Waals surface area contributed by atoms with Crippen LogP contribution < -0.4 is 20.1 Å². The third kappa shape index (κ3) is 5.17. The first kappa shape index (κ1) is 21.4. The standard InChI is InChI=1S/C19H26N6O5/c1-12-14(3-4-15(23-12)20-7-10-26)24-17-16(29-2)18(22-11-21-17)30-13-5-8-25(9-6-13)19(27)28/h3-4,11,13,26H,5-10H2,1-2H3,(H,20,23)(H,27,28)(H,21,22,24). The van der Waals surface area contributed by atoms with Gasteiger partial charge in [0.15, 0.2) is 5.82 Å². The van der Waals surface area contributed by atoms with Crippen LogP contribution in [-0.2, 0) is 0 Å². The van der Waals surface area contributed by atoms with Gasteiger partial charge in [0.05, 0.1) is 25.1 Å². The van der Waals surface area contributed by atoms with Gasteiger partial charge in [-0.15, -0.1) is 0 Å². The number of anilines is 3. The van der Waals surface area contributed by atoms with E-state index in [1.807, 2.05) is 13.0 Å². The molecule has 0 atom stereocenters. The van der Waals surface area contributed by atoms with Gasteiger partial charge < -0.3 is 35.2 Å². The van der Waals surface area contributed by atoms with E-state index in [1.165, 1.54) is 18.3 Å². The highest BCUT2D eigenvalue weighted by atomic mass is 16.5. The van der Waals surface area contributed by atoms with E-state index >= 15 is 0 Å². The maximum atomic E-state index is 11.1. The first-order chi connectivity index (χ1) is 14.5. The van der Waals surface area contributed by atoms with Crippen molar-refractivity contribution >= 4 is 23.4 Å². The van der Waals surface area contributed by atoms with E-state index in [-0.39, 0.29) is 12.7 Å². The molecule has 4 N–H and O–H groups in total. The molecule has 11 heteroatoms. The van der Waals surface area contributed by atoms with Gasteiger partial charge in [0, 0.05) is 32.5 Å². The summed E-state index contributed by atoms with van der Waals surface area (Å²) in [6.07, 6.45) is 1.46. The SMILES string of the molecule is COc1c(Nc2ccc(NCCO)nc2C)ncnc1OC1CCN(C(=O)O)CC1. The summed E-state index contributed by atoms with van der Waals surface area (Å²) in [4.78, 5) is 25.3. The Morgan fingerprint density at radius 2 is 2.07 bits per heavy atom. The number of hydrogen-bond acceptors (Lipinski definition) is 9. The van der Waals surface area contributed by atoms with Gasteiger partial charge in [0.1, 0.15) is 18.2 Å². The molecule has 3 heterocycles. The normalized spacial score (nSPS) is 14.3. The van der Waals surface area contributed by atoms with Crippen LogP contribution in [0.3, 0.4) is 0 Å². The molecule has 0 radical (unpaired) electrons. The highest BCUT2D eigenvalue weighted by Crippen LogP contribution is 2.35. The zero-order valence-electron chi connectivity index (χ0n) is 17.0. The lowest BCUT2D eigenvalue weighted by atomic mass is 10.1. The molecule has 2 aromatic rings. The Labute approximate surface area is 174 Å². The predicted octanol–water partition coefficient (Wildman–Crippen LogP) is 1.86. The molecule has 1 aliphatic rings. The number of nitrogens with zero attached hydrogens (tertiary/aromatic N) is 4. The van der Waals surface area contributed by atoms with Gasteiger partial charge >= 0.3 is 6.09 Å². The minimum Gasteiger partial charge on any atom is -0.489 e. The molecule has 0 spiro atoms. The van der Waals surface area contributed by atoms with Crippen LogP contribution in [0.25, 0.3) is 0 Å². The number of piperidine rings is 1. The van der Waals surface area contributed by atoms with Crippen LogP contribution in [0.2, 0.25) is 0 Å². The number of aromatic nitrogens is 3. The summed E-state index contributed by atoms with van der Waals surface area (Å²) in [5, 5.41) is 24.2. The number of ether oxygens (including phenoxy) is 2. The summed E-state index contributed by atoms with van der Waals surface area (Å²) >= 11 is 0. The smallest absolute Gasteiger partial charge is 0.407 e. The van der Waals surface area contributed by atoms with Gasteiger partial charge in [-0.3, -0.25) is 0 Å². The third-order valence-electron chi connectivity index (χ3n) is 4.72. The Balaban J connectivity index is 1.72. The Bertz CT molecular complexity index is 872. The second kappa shape index (κ2) is 9.92. The van der Waals surface area contributed by atoms with E-state index in [1.54, 1.807) is 6.07 Å². The number of hydrogen-bond donors (Lipinski definition) is 4. The van der Waals surface area contributed by atoms with E-state index < -0.39 is 6.09 Å². The fourth-order valence-electron chi connectivity index (χ4n) is 3.14. The summed E-state index contributed by atoms with van der Waals surface area (Å²) in [5.74, 6) is 1.76. The summed E-state index contributed by atoms with van der Waals surface area (Å²) in [6.45, 7) is 3.13. The molecule has 0 saturated carbocycles.